The van der Waals surface area contributed by atoms with Crippen LogP contribution in [0.25, 0.3) is 0 Å². The third kappa shape index (κ3) is 2.72. The number of hydrogen-bond acceptors (Lipinski definition) is 4. The Hall–Kier alpha value is -2.56. The first-order valence-corrected chi connectivity index (χ1v) is 4.99. The average Bonchev–Trinajstić information content (AvgIpc) is 2.38. The lowest BCUT2D eigenvalue weighted by Gasteiger charge is -2.07. The molecule has 0 aromatic heterocycles. The van der Waals surface area contributed by atoms with Gasteiger partial charge in [0.15, 0.2) is 0 Å². The number of rotatable bonds is 4. The van der Waals surface area contributed by atoms with Gasteiger partial charge in [-0.15, -0.1) is 0 Å². The zero-order valence-corrected chi connectivity index (χ0v) is 8.87. The van der Waals surface area contributed by atoms with Crippen molar-refractivity contribution >= 4 is 11.4 Å². The van der Waals surface area contributed by atoms with Gasteiger partial charge in [0.1, 0.15) is 0 Å². The molecular formula is C12H10N2O3. The monoisotopic (exact) mass is 230 g/mol. The second-order valence-electron chi connectivity index (χ2n) is 3.29. The number of nitro benzene ring substituents is 1. The van der Waals surface area contributed by atoms with E-state index in [1.807, 2.05) is 18.2 Å². The first-order valence-electron chi connectivity index (χ1n) is 4.99. The second kappa shape index (κ2) is 4.98. The molecule has 2 aromatic carbocycles. The molecule has 0 aliphatic rings. The van der Waals surface area contributed by atoms with E-state index >= 15 is 0 Å². The van der Waals surface area contributed by atoms with Crippen LogP contribution in [0.5, 0.6) is 5.75 Å². The molecule has 2 rings (SSSR count). The number of hydrogen-bond donors (Lipinski definition) is 1. The van der Waals surface area contributed by atoms with Crippen LogP contribution in [-0.2, 0) is 0 Å². The number of benzene rings is 2. The topological polar surface area (TPSA) is 64.4 Å². The van der Waals surface area contributed by atoms with Gasteiger partial charge in [-0.25, -0.2) is 5.48 Å². The van der Waals surface area contributed by atoms with Crippen molar-refractivity contribution in [2.75, 3.05) is 5.48 Å². The summed E-state index contributed by atoms with van der Waals surface area (Å²) in [5, 5.41) is 10.7. The minimum atomic E-state index is -0.484. The molecule has 17 heavy (non-hydrogen) atoms. The number of nitro groups is 1. The fourth-order valence-electron chi connectivity index (χ4n) is 1.31. The molecule has 5 nitrogen and oxygen atoms in total. The van der Waals surface area contributed by atoms with Gasteiger partial charge in [0.05, 0.1) is 10.6 Å². The molecule has 0 unspecified atom stereocenters. The van der Waals surface area contributed by atoms with E-state index in [1.54, 1.807) is 24.3 Å². The van der Waals surface area contributed by atoms with Gasteiger partial charge in [0, 0.05) is 6.07 Å². The first kappa shape index (κ1) is 10.9. The van der Waals surface area contributed by atoms with Crippen molar-refractivity contribution < 1.29 is 9.76 Å². The summed E-state index contributed by atoms with van der Waals surface area (Å²) in [6, 6.07) is 15.3. The van der Waals surface area contributed by atoms with Crippen LogP contribution in [0.15, 0.2) is 54.6 Å². The average molecular weight is 230 g/mol. The third-order valence-corrected chi connectivity index (χ3v) is 2.11. The summed E-state index contributed by atoms with van der Waals surface area (Å²) in [7, 11) is 0. The zero-order valence-electron chi connectivity index (χ0n) is 8.87. The standard InChI is InChI=1S/C12H10N2O3/c15-14(16)11-8-4-5-9-12(11)17-13-10-6-2-1-3-7-10/h1-9,13H. The highest BCUT2D eigenvalue weighted by Gasteiger charge is 2.13. The Bertz CT molecular complexity index is 514. The Kier molecular flexibility index (Phi) is 3.20. The maximum Gasteiger partial charge on any atom is 0.314 e. The summed E-state index contributed by atoms with van der Waals surface area (Å²) in [4.78, 5) is 15.4. The molecule has 0 spiro atoms. The van der Waals surface area contributed by atoms with Crippen LogP contribution in [0, 0.1) is 10.1 Å². The summed E-state index contributed by atoms with van der Waals surface area (Å²) < 4.78 is 0. The predicted molar refractivity (Wildman–Crippen MR) is 63.8 cm³/mol. The van der Waals surface area contributed by atoms with Gasteiger partial charge in [0.2, 0.25) is 5.75 Å². The lowest BCUT2D eigenvalue weighted by atomic mass is 10.3. The molecule has 0 aliphatic carbocycles. The fourth-order valence-corrected chi connectivity index (χ4v) is 1.31. The van der Waals surface area contributed by atoms with Crippen molar-refractivity contribution in [2.24, 2.45) is 0 Å². The maximum absolute atomic E-state index is 10.7. The molecule has 1 N–H and O–H groups in total. The highest BCUT2D eigenvalue weighted by atomic mass is 16.7. The summed E-state index contributed by atoms with van der Waals surface area (Å²) >= 11 is 0. The number of nitrogens with one attached hydrogen (secondary N) is 1. The van der Waals surface area contributed by atoms with Gasteiger partial charge in [-0.1, -0.05) is 30.3 Å². The van der Waals surface area contributed by atoms with E-state index in [9.17, 15) is 10.1 Å². The molecule has 0 atom stereocenters. The Morgan fingerprint density at radius 1 is 1.00 bits per heavy atom. The zero-order chi connectivity index (χ0) is 12.1. The SMILES string of the molecule is O=[N+]([O-])c1ccccc1ONc1ccccc1. The van der Waals surface area contributed by atoms with Crippen molar-refractivity contribution in [3.05, 3.63) is 64.7 Å². The molecule has 0 heterocycles. The molecule has 0 saturated heterocycles. The van der Waals surface area contributed by atoms with Crippen LogP contribution in [0.2, 0.25) is 0 Å². The number of para-hydroxylation sites is 3. The quantitative estimate of drug-likeness (QED) is 0.647. The summed E-state index contributed by atoms with van der Waals surface area (Å²) in [5.74, 6) is 0.182. The molecular weight excluding hydrogens is 220 g/mol. The Balaban J connectivity index is 2.12. The lowest BCUT2D eigenvalue weighted by molar-refractivity contribution is -0.385. The van der Waals surface area contributed by atoms with Crippen LogP contribution in [0.1, 0.15) is 0 Å². The van der Waals surface area contributed by atoms with Crippen molar-refractivity contribution in [3.63, 3.8) is 0 Å². The highest BCUT2D eigenvalue weighted by molar-refractivity contribution is 5.48. The van der Waals surface area contributed by atoms with Gasteiger partial charge in [-0.2, -0.15) is 0 Å². The largest absolute Gasteiger partial charge is 0.375 e. The molecule has 0 amide bonds. The van der Waals surface area contributed by atoms with Gasteiger partial charge >= 0.3 is 5.69 Å². The van der Waals surface area contributed by atoms with E-state index in [-0.39, 0.29) is 11.4 Å². The van der Waals surface area contributed by atoms with E-state index in [2.05, 4.69) is 5.48 Å². The minimum absolute atomic E-state index is 0.0732. The molecule has 2 aromatic rings. The Morgan fingerprint density at radius 3 is 2.35 bits per heavy atom. The van der Waals surface area contributed by atoms with Crippen molar-refractivity contribution in [3.8, 4) is 5.75 Å². The summed E-state index contributed by atoms with van der Waals surface area (Å²) in [6.45, 7) is 0. The normalized spacial score (nSPS) is 9.65. The molecule has 0 aliphatic heterocycles. The Labute approximate surface area is 97.8 Å². The van der Waals surface area contributed by atoms with Gasteiger partial charge in [-0.3, -0.25) is 10.1 Å². The van der Waals surface area contributed by atoms with Crippen LogP contribution < -0.4 is 10.3 Å². The summed E-state index contributed by atoms with van der Waals surface area (Å²) in [6.07, 6.45) is 0. The molecule has 0 fully saturated rings. The molecule has 0 radical (unpaired) electrons. The summed E-state index contributed by atoms with van der Waals surface area (Å²) in [5.41, 5.74) is 3.31. The maximum atomic E-state index is 10.7. The Morgan fingerprint density at radius 2 is 1.65 bits per heavy atom. The van der Waals surface area contributed by atoms with Gasteiger partial charge < -0.3 is 4.84 Å². The van der Waals surface area contributed by atoms with E-state index in [4.69, 9.17) is 4.84 Å². The van der Waals surface area contributed by atoms with Crippen molar-refractivity contribution in [1.82, 2.24) is 0 Å². The second-order valence-corrected chi connectivity index (χ2v) is 3.29. The lowest BCUT2D eigenvalue weighted by Crippen LogP contribution is -2.06. The third-order valence-electron chi connectivity index (χ3n) is 2.11. The van der Waals surface area contributed by atoms with E-state index in [0.29, 0.717) is 0 Å². The molecule has 5 heteroatoms. The molecule has 0 saturated carbocycles. The highest BCUT2D eigenvalue weighted by Crippen LogP contribution is 2.25. The predicted octanol–water partition coefficient (Wildman–Crippen LogP) is 3.00. The van der Waals surface area contributed by atoms with Gasteiger partial charge in [0.25, 0.3) is 0 Å². The smallest absolute Gasteiger partial charge is 0.314 e. The van der Waals surface area contributed by atoms with Crippen molar-refractivity contribution in [1.29, 1.82) is 0 Å². The molecule has 86 valence electrons. The minimum Gasteiger partial charge on any atom is -0.375 e. The van der Waals surface area contributed by atoms with Crippen LogP contribution in [0.4, 0.5) is 11.4 Å². The number of anilines is 1. The van der Waals surface area contributed by atoms with Crippen molar-refractivity contribution in [2.45, 2.75) is 0 Å². The van der Waals surface area contributed by atoms with Gasteiger partial charge in [-0.05, 0) is 18.2 Å². The molecule has 0 bridgehead atoms. The first-order chi connectivity index (χ1) is 8.27. The van der Waals surface area contributed by atoms with Crippen LogP contribution in [0.3, 0.4) is 0 Å². The van der Waals surface area contributed by atoms with E-state index in [1.165, 1.54) is 12.1 Å². The van der Waals surface area contributed by atoms with Crippen LogP contribution in [-0.4, -0.2) is 4.92 Å². The fraction of sp³-hybridized carbons (Fsp3) is 0. The van der Waals surface area contributed by atoms with E-state index < -0.39 is 4.92 Å². The van der Waals surface area contributed by atoms with Crippen LogP contribution >= 0.6 is 0 Å². The van der Waals surface area contributed by atoms with E-state index in [0.717, 1.165) is 5.69 Å². The number of nitrogens with zero attached hydrogens (tertiary/aromatic N) is 1.